The molecule has 0 spiro atoms. The highest BCUT2D eigenvalue weighted by molar-refractivity contribution is 6.09. The number of aromatic nitrogens is 1. The van der Waals surface area contributed by atoms with Gasteiger partial charge in [0.25, 0.3) is 0 Å². The summed E-state index contributed by atoms with van der Waals surface area (Å²) in [6.45, 7) is 0. The molecule has 1 nitrogen and oxygen atoms in total. The number of nitrogens with zero attached hydrogens (tertiary/aromatic N) is 1. The van der Waals surface area contributed by atoms with Gasteiger partial charge in [0, 0.05) is 28.3 Å². The molecule has 0 N–H and O–H groups in total. The van der Waals surface area contributed by atoms with E-state index in [9.17, 15) is 0 Å². The van der Waals surface area contributed by atoms with Crippen LogP contribution in [0.4, 0.5) is 0 Å². The van der Waals surface area contributed by atoms with Crippen LogP contribution in [-0.2, 0) is 0 Å². The molecule has 0 amide bonds. The van der Waals surface area contributed by atoms with E-state index >= 15 is 0 Å². The van der Waals surface area contributed by atoms with Crippen LogP contribution in [0, 0.1) is 0 Å². The van der Waals surface area contributed by atoms with Crippen molar-refractivity contribution in [1.82, 2.24) is 4.57 Å². The SMILES string of the molecule is c1ccc(-c2cc(C3c4ccccc4-c4cc(-n5c6ccccc6c6ccccc65)ccc43)ccc2-c2cccc(C3c4ccccc4-c4ccccc43)c2)cc1. The average molecular weight is 724 g/mol. The van der Waals surface area contributed by atoms with Gasteiger partial charge in [-0.2, -0.15) is 0 Å². The predicted octanol–water partition coefficient (Wildman–Crippen LogP) is 14.4. The summed E-state index contributed by atoms with van der Waals surface area (Å²) in [6, 6.07) is 79.0. The van der Waals surface area contributed by atoms with Crippen molar-refractivity contribution in [2.75, 3.05) is 0 Å². The Balaban J connectivity index is 1.00. The van der Waals surface area contributed by atoms with Crippen molar-refractivity contribution in [2.45, 2.75) is 11.8 Å². The molecule has 0 radical (unpaired) electrons. The summed E-state index contributed by atoms with van der Waals surface area (Å²) in [4.78, 5) is 0. The summed E-state index contributed by atoms with van der Waals surface area (Å²) < 4.78 is 2.43. The van der Waals surface area contributed by atoms with Crippen LogP contribution in [0.25, 0.3) is 72.0 Å². The lowest BCUT2D eigenvalue weighted by atomic mass is 9.83. The quantitative estimate of drug-likeness (QED) is 0.167. The van der Waals surface area contributed by atoms with E-state index in [1.807, 2.05) is 0 Å². The van der Waals surface area contributed by atoms with Gasteiger partial charge in [0.1, 0.15) is 0 Å². The highest BCUT2D eigenvalue weighted by atomic mass is 15.0. The van der Waals surface area contributed by atoms with Gasteiger partial charge >= 0.3 is 0 Å². The van der Waals surface area contributed by atoms with Crippen LogP contribution in [0.15, 0.2) is 212 Å². The first kappa shape index (κ1) is 32.1. The maximum Gasteiger partial charge on any atom is 0.0541 e. The largest absolute Gasteiger partial charge is 0.309 e. The summed E-state index contributed by atoms with van der Waals surface area (Å²) >= 11 is 0. The van der Waals surface area contributed by atoms with E-state index < -0.39 is 0 Å². The van der Waals surface area contributed by atoms with E-state index in [1.54, 1.807) is 0 Å². The Morgan fingerprint density at radius 2 is 0.789 bits per heavy atom. The van der Waals surface area contributed by atoms with Crippen molar-refractivity contribution in [2.24, 2.45) is 0 Å². The predicted molar refractivity (Wildman–Crippen MR) is 237 cm³/mol. The van der Waals surface area contributed by atoms with Gasteiger partial charge in [-0.05, 0) is 108 Å². The second-order valence-electron chi connectivity index (χ2n) is 15.6. The Morgan fingerprint density at radius 3 is 1.44 bits per heavy atom. The molecular formula is C56H37N. The molecule has 12 rings (SSSR count). The summed E-state index contributed by atoms with van der Waals surface area (Å²) in [5.41, 5.74) is 22.1. The molecule has 0 bridgehead atoms. The molecule has 2 aliphatic rings. The fourth-order valence-electron chi connectivity index (χ4n) is 10.1. The molecule has 1 heterocycles. The van der Waals surface area contributed by atoms with Crippen LogP contribution < -0.4 is 0 Å². The molecule has 1 atom stereocenters. The van der Waals surface area contributed by atoms with Crippen LogP contribution in [-0.4, -0.2) is 4.57 Å². The molecule has 9 aromatic carbocycles. The topological polar surface area (TPSA) is 4.93 Å². The van der Waals surface area contributed by atoms with Crippen molar-refractivity contribution in [3.8, 4) is 50.2 Å². The van der Waals surface area contributed by atoms with Gasteiger partial charge in [-0.15, -0.1) is 0 Å². The van der Waals surface area contributed by atoms with Gasteiger partial charge in [0.05, 0.1) is 11.0 Å². The third-order valence-electron chi connectivity index (χ3n) is 12.6. The Hall–Kier alpha value is -7.22. The fraction of sp³-hybridized carbons (Fsp3) is 0.0357. The maximum atomic E-state index is 2.47. The second kappa shape index (κ2) is 12.7. The molecule has 2 aliphatic carbocycles. The molecule has 0 aliphatic heterocycles. The molecule has 57 heavy (non-hydrogen) atoms. The first-order chi connectivity index (χ1) is 28.3. The highest BCUT2D eigenvalue weighted by Gasteiger charge is 2.32. The standard InChI is InChI=1S/C56H37N/c1-2-15-36(16-3-1)51-34-39(29-31-41(51)37-17-14-18-38(33-37)55-47-24-7-4-19-42(47)43-20-5-8-25-48(43)55)56-49-26-9-6-21-44(49)52-35-40(30-32-50(52)56)57-53-27-12-10-22-45(53)46-23-11-13-28-54(46)57/h1-35,55-56H. The lowest BCUT2D eigenvalue weighted by Gasteiger charge is -2.20. The first-order valence-corrected chi connectivity index (χ1v) is 20.0. The van der Waals surface area contributed by atoms with Crippen molar-refractivity contribution in [3.63, 3.8) is 0 Å². The summed E-state index contributed by atoms with van der Waals surface area (Å²) in [6.07, 6.45) is 0. The van der Waals surface area contributed by atoms with Gasteiger partial charge in [-0.1, -0.05) is 182 Å². The van der Waals surface area contributed by atoms with Crippen LogP contribution in [0.2, 0.25) is 0 Å². The number of hydrogen-bond donors (Lipinski definition) is 0. The van der Waals surface area contributed by atoms with E-state index in [-0.39, 0.29) is 11.8 Å². The van der Waals surface area contributed by atoms with Gasteiger partial charge in [-0.3, -0.25) is 0 Å². The minimum Gasteiger partial charge on any atom is -0.309 e. The monoisotopic (exact) mass is 723 g/mol. The number of benzene rings is 9. The molecule has 1 unspecified atom stereocenters. The lowest BCUT2D eigenvalue weighted by Crippen LogP contribution is -2.02. The number of rotatable bonds is 5. The molecule has 0 saturated carbocycles. The molecule has 1 aromatic heterocycles. The van der Waals surface area contributed by atoms with E-state index in [1.165, 1.54) is 105 Å². The molecule has 10 aromatic rings. The van der Waals surface area contributed by atoms with Crippen LogP contribution in [0.5, 0.6) is 0 Å². The van der Waals surface area contributed by atoms with Crippen LogP contribution >= 0.6 is 0 Å². The minimum atomic E-state index is 0.123. The number of para-hydroxylation sites is 2. The highest BCUT2D eigenvalue weighted by Crippen LogP contribution is 2.51. The zero-order valence-electron chi connectivity index (χ0n) is 31.3. The third-order valence-corrected chi connectivity index (χ3v) is 12.6. The van der Waals surface area contributed by atoms with Gasteiger partial charge < -0.3 is 4.57 Å². The minimum absolute atomic E-state index is 0.123. The first-order valence-electron chi connectivity index (χ1n) is 20.0. The van der Waals surface area contributed by atoms with Gasteiger partial charge in [0.2, 0.25) is 0 Å². The zero-order chi connectivity index (χ0) is 37.5. The Labute approximate surface area is 332 Å². The summed E-state index contributed by atoms with van der Waals surface area (Å²) in [7, 11) is 0. The van der Waals surface area contributed by atoms with Crippen molar-refractivity contribution in [3.05, 3.63) is 246 Å². The van der Waals surface area contributed by atoms with Crippen molar-refractivity contribution < 1.29 is 0 Å². The smallest absolute Gasteiger partial charge is 0.0541 e. The van der Waals surface area contributed by atoms with E-state index in [0.717, 1.165) is 0 Å². The molecule has 1 heteroatoms. The Morgan fingerprint density at radius 1 is 0.281 bits per heavy atom. The number of fused-ring (bicyclic) bond motifs is 9. The molecule has 0 saturated heterocycles. The summed E-state index contributed by atoms with van der Waals surface area (Å²) in [5, 5.41) is 2.56. The molecular weight excluding hydrogens is 687 g/mol. The van der Waals surface area contributed by atoms with E-state index in [4.69, 9.17) is 0 Å². The van der Waals surface area contributed by atoms with Crippen molar-refractivity contribution in [1.29, 1.82) is 0 Å². The normalized spacial score (nSPS) is 14.1. The third kappa shape index (κ3) is 4.89. The fourth-order valence-corrected chi connectivity index (χ4v) is 10.1. The Bertz CT molecular complexity index is 3100. The summed E-state index contributed by atoms with van der Waals surface area (Å²) in [5.74, 6) is 0.327. The lowest BCUT2D eigenvalue weighted by molar-refractivity contribution is 1.01. The second-order valence-corrected chi connectivity index (χ2v) is 15.6. The van der Waals surface area contributed by atoms with Crippen LogP contribution in [0.1, 0.15) is 45.2 Å². The number of hydrogen-bond acceptors (Lipinski definition) is 0. The van der Waals surface area contributed by atoms with E-state index in [2.05, 4.69) is 217 Å². The van der Waals surface area contributed by atoms with Crippen LogP contribution in [0.3, 0.4) is 0 Å². The van der Waals surface area contributed by atoms with Gasteiger partial charge in [-0.25, -0.2) is 0 Å². The zero-order valence-corrected chi connectivity index (χ0v) is 31.3. The van der Waals surface area contributed by atoms with E-state index in [0.29, 0.717) is 0 Å². The maximum absolute atomic E-state index is 2.47. The van der Waals surface area contributed by atoms with Crippen molar-refractivity contribution >= 4 is 21.8 Å². The molecule has 0 fully saturated rings. The molecule has 266 valence electrons. The average Bonchev–Trinajstić information content (AvgIpc) is 3.92. The van der Waals surface area contributed by atoms with Gasteiger partial charge in [0.15, 0.2) is 0 Å². The Kier molecular flexibility index (Phi) is 7.12.